The fourth-order valence-electron chi connectivity index (χ4n) is 2.04. The number of carbonyl (C=O) groups is 1. The van der Waals surface area contributed by atoms with Crippen LogP contribution in [0.1, 0.15) is 31.7 Å². The molecule has 0 aliphatic carbocycles. The maximum absolute atomic E-state index is 11.9. The summed E-state index contributed by atoms with van der Waals surface area (Å²) in [7, 11) is -1.67. The van der Waals surface area contributed by atoms with Crippen molar-refractivity contribution in [2.24, 2.45) is 0 Å². The normalized spacial score (nSPS) is 11.5. The van der Waals surface area contributed by atoms with Gasteiger partial charge in [0.15, 0.2) is 0 Å². The Kier molecular flexibility index (Phi) is 8.05. The third-order valence-corrected chi connectivity index (χ3v) is 4.77. The molecule has 1 amide bonds. The number of rotatable bonds is 10. The van der Waals surface area contributed by atoms with Gasteiger partial charge in [-0.05, 0) is 24.1 Å². The average molecular weight is 342 g/mol. The van der Waals surface area contributed by atoms with Crippen molar-refractivity contribution in [1.29, 1.82) is 0 Å². The topological polar surface area (TPSA) is 75.7 Å². The standard InChI is InChI=1S/C16H26N2O4S/c1-4-5-11-18(23(3,20)21)12-10-16(19)17-13-14-6-8-15(22-2)9-7-14/h6-9H,4-5,10-13H2,1-3H3,(H,17,19). The molecule has 0 aliphatic rings. The smallest absolute Gasteiger partial charge is 0.221 e. The molecular formula is C16H26N2O4S. The van der Waals surface area contributed by atoms with Crippen molar-refractivity contribution >= 4 is 15.9 Å². The zero-order valence-electron chi connectivity index (χ0n) is 14.0. The van der Waals surface area contributed by atoms with E-state index >= 15 is 0 Å². The van der Waals surface area contributed by atoms with E-state index in [1.54, 1.807) is 7.11 Å². The Labute approximate surface area is 138 Å². The number of methoxy groups -OCH3 is 1. The number of hydrogen-bond donors (Lipinski definition) is 1. The summed E-state index contributed by atoms with van der Waals surface area (Å²) in [6.45, 7) is 3.09. The number of sulfonamides is 1. The van der Waals surface area contributed by atoms with Gasteiger partial charge >= 0.3 is 0 Å². The van der Waals surface area contributed by atoms with Gasteiger partial charge in [0.2, 0.25) is 15.9 Å². The molecular weight excluding hydrogens is 316 g/mol. The van der Waals surface area contributed by atoms with E-state index in [0.29, 0.717) is 13.1 Å². The highest BCUT2D eigenvalue weighted by Crippen LogP contribution is 2.11. The van der Waals surface area contributed by atoms with E-state index in [9.17, 15) is 13.2 Å². The Morgan fingerprint density at radius 2 is 1.87 bits per heavy atom. The molecule has 1 aromatic rings. The summed E-state index contributed by atoms with van der Waals surface area (Å²) < 4.78 is 29.8. The minimum absolute atomic E-state index is 0.160. The maximum Gasteiger partial charge on any atom is 0.221 e. The predicted molar refractivity (Wildman–Crippen MR) is 90.8 cm³/mol. The number of amides is 1. The van der Waals surface area contributed by atoms with Crippen molar-refractivity contribution in [1.82, 2.24) is 9.62 Å². The van der Waals surface area contributed by atoms with Gasteiger partial charge in [0, 0.05) is 26.1 Å². The summed E-state index contributed by atoms with van der Waals surface area (Å²) in [5, 5.41) is 2.80. The van der Waals surface area contributed by atoms with Crippen LogP contribution in [0.15, 0.2) is 24.3 Å². The maximum atomic E-state index is 11.9. The van der Waals surface area contributed by atoms with Crippen LogP contribution in [-0.2, 0) is 21.4 Å². The average Bonchev–Trinajstić information content (AvgIpc) is 2.52. The minimum atomic E-state index is -3.27. The number of hydrogen-bond acceptors (Lipinski definition) is 4. The first-order valence-corrected chi connectivity index (χ1v) is 9.56. The molecule has 1 aromatic carbocycles. The zero-order chi connectivity index (χ0) is 17.3. The quantitative estimate of drug-likeness (QED) is 0.703. The number of nitrogens with zero attached hydrogens (tertiary/aromatic N) is 1. The number of carbonyl (C=O) groups excluding carboxylic acids is 1. The molecule has 0 spiro atoms. The second kappa shape index (κ2) is 9.52. The van der Waals surface area contributed by atoms with Gasteiger partial charge in [0.05, 0.1) is 13.4 Å². The van der Waals surface area contributed by atoms with E-state index in [2.05, 4.69) is 5.32 Å². The monoisotopic (exact) mass is 342 g/mol. The van der Waals surface area contributed by atoms with E-state index in [0.717, 1.165) is 24.2 Å². The highest BCUT2D eigenvalue weighted by atomic mass is 32.2. The SMILES string of the molecule is CCCCN(CCC(=O)NCc1ccc(OC)cc1)S(C)(=O)=O. The Hall–Kier alpha value is -1.60. The van der Waals surface area contributed by atoms with Crippen molar-refractivity contribution in [3.8, 4) is 5.75 Å². The Morgan fingerprint density at radius 1 is 1.22 bits per heavy atom. The second-order valence-electron chi connectivity index (χ2n) is 5.39. The Bertz CT molecular complexity index is 585. The minimum Gasteiger partial charge on any atom is -0.497 e. The fourth-order valence-corrected chi connectivity index (χ4v) is 2.92. The predicted octanol–water partition coefficient (Wildman–Crippen LogP) is 1.76. The largest absolute Gasteiger partial charge is 0.497 e. The molecule has 0 saturated carbocycles. The molecule has 0 saturated heterocycles. The molecule has 1 N–H and O–H groups in total. The lowest BCUT2D eigenvalue weighted by molar-refractivity contribution is -0.121. The van der Waals surface area contributed by atoms with Crippen LogP contribution in [0.2, 0.25) is 0 Å². The van der Waals surface area contributed by atoms with Crippen LogP contribution in [0.25, 0.3) is 0 Å². The van der Waals surface area contributed by atoms with Crippen molar-refractivity contribution < 1.29 is 17.9 Å². The number of benzene rings is 1. The van der Waals surface area contributed by atoms with Gasteiger partial charge in [-0.15, -0.1) is 0 Å². The summed E-state index contributed by atoms with van der Waals surface area (Å²) >= 11 is 0. The van der Waals surface area contributed by atoms with Crippen molar-refractivity contribution in [2.45, 2.75) is 32.7 Å². The van der Waals surface area contributed by atoms with E-state index < -0.39 is 10.0 Å². The number of nitrogens with one attached hydrogen (secondary N) is 1. The Morgan fingerprint density at radius 3 is 2.39 bits per heavy atom. The second-order valence-corrected chi connectivity index (χ2v) is 7.37. The van der Waals surface area contributed by atoms with Gasteiger partial charge < -0.3 is 10.1 Å². The molecule has 0 unspecified atom stereocenters. The van der Waals surface area contributed by atoms with E-state index in [4.69, 9.17) is 4.74 Å². The van der Waals surface area contributed by atoms with Gasteiger partial charge in [-0.25, -0.2) is 12.7 Å². The molecule has 0 heterocycles. The molecule has 6 nitrogen and oxygen atoms in total. The molecule has 0 fully saturated rings. The summed E-state index contributed by atoms with van der Waals surface area (Å²) in [6.07, 6.45) is 3.04. The lowest BCUT2D eigenvalue weighted by atomic mass is 10.2. The molecule has 1 rings (SSSR count). The van der Waals surface area contributed by atoms with Gasteiger partial charge in [-0.3, -0.25) is 4.79 Å². The van der Waals surface area contributed by atoms with E-state index in [1.807, 2.05) is 31.2 Å². The number of ether oxygens (including phenoxy) is 1. The van der Waals surface area contributed by atoms with Crippen LogP contribution >= 0.6 is 0 Å². The van der Waals surface area contributed by atoms with Crippen LogP contribution in [0.3, 0.4) is 0 Å². The highest BCUT2D eigenvalue weighted by Gasteiger charge is 2.16. The van der Waals surface area contributed by atoms with Crippen molar-refractivity contribution in [3.63, 3.8) is 0 Å². The molecule has 0 aliphatic heterocycles. The summed E-state index contributed by atoms with van der Waals surface area (Å²) in [4.78, 5) is 11.9. The lowest BCUT2D eigenvalue weighted by Gasteiger charge is -2.19. The molecule has 0 aromatic heterocycles. The van der Waals surface area contributed by atoms with Crippen LogP contribution < -0.4 is 10.1 Å². The highest BCUT2D eigenvalue weighted by molar-refractivity contribution is 7.88. The van der Waals surface area contributed by atoms with E-state index in [-0.39, 0.29) is 18.9 Å². The summed E-state index contributed by atoms with van der Waals surface area (Å²) in [5.74, 6) is 0.603. The zero-order valence-corrected chi connectivity index (χ0v) is 14.9. The van der Waals surface area contributed by atoms with Crippen LogP contribution in [0, 0.1) is 0 Å². The molecule has 7 heteroatoms. The van der Waals surface area contributed by atoms with Gasteiger partial charge in [0.25, 0.3) is 0 Å². The lowest BCUT2D eigenvalue weighted by Crippen LogP contribution is -2.35. The van der Waals surface area contributed by atoms with Crippen LogP contribution in [-0.4, -0.2) is 45.1 Å². The van der Waals surface area contributed by atoms with Crippen LogP contribution in [0.5, 0.6) is 5.75 Å². The first kappa shape index (κ1) is 19.4. The van der Waals surface area contributed by atoms with Crippen molar-refractivity contribution in [2.75, 3.05) is 26.5 Å². The van der Waals surface area contributed by atoms with Crippen LogP contribution in [0.4, 0.5) is 0 Å². The molecule has 130 valence electrons. The molecule has 0 radical (unpaired) electrons. The van der Waals surface area contributed by atoms with Gasteiger partial charge in [-0.2, -0.15) is 0 Å². The summed E-state index contributed by atoms with van der Waals surface area (Å²) in [5.41, 5.74) is 0.963. The summed E-state index contributed by atoms with van der Waals surface area (Å²) in [6, 6.07) is 7.42. The van der Waals surface area contributed by atoms with Gasteiger partial charge in [0.1, 0.15) is 5.75 Å². The Balaban J connectivity index is 2.42. The third-order valence-electron chi connectivity index (χ3n) is 3.47. The molecule has 0 atom stereocenters. The molecule has 23 heavy (non-hydrogen) atoms. The van der Waals surface area contributed by atoms with E-state index in [1.165, 1.54) is 10.6 Å². The first-order valence-electron chi connectivity index (χ1n) is 7.71. The number of unbranched alkanes of at least 4 members (excludes halogenated alkanes) is 1. The fraction of sp³-hybridized carbons (Fsp3) is 0.562. The molecule has 0 bridgehead atoms. The van der Waals surface area contributed by atoms with Crippen molar-refractivity contribution in [3.05, 3.63) is 29.8 Å². The van der Waals surface area contributed by atoms with Gasteiger partial charge in [-0.1, -0.05) is 25.5 Å². The third kappa shape index (κ3) is 7.47. The first-order chi connectivity index (χ1) is 10.9.